The Kier molecular flexibility index (Phi) is 33.9. The van der Waals surface area contributed by atoms with E-state index in [0.717, 1.165) is 186 Å². The Labute approximate surface area is 917 Å². The van der Waals surface area contributed by atoms with Crippen molar-refractivity contribution in [1.29, 1.82) is 0 Å². The molecular weight excluding hydrogens is 2700 g/mol. The number of aryl methyl sites for hydroxylation is 17. The smallest absolute Gasteiger partial charge is 0.115 e. The van der Waals surface area contributed by atoms with Crippen LogP contribution < -0.4 is 0 Å². The first-order valence-corrected chi connectivity index (χ1v) is 47.1. The molecule has 10 aromatic heterocycles. The summed E-state index contributed by atoms with van der Waals surface area (Å²) >= 11 is 0. The van der Waals surface area contributed by atoms with Crippen molar-refractivity contribution >= 4 is 55.2 Å². The summed E-state index contributed by atoms with van der Waals surface area (Å²) in [4.78, 5) is 23.2. The SMILES string of the molecule is Cc1cc(-c2ccccc2)cc(C)c1-n1cnnc1-c1[c-]ccc2nc(C)n(C)c12.Cc1cc(C)c(-n2cnnc2-c2[c-]ccc3nc(C)n(C)c23)c(C)c1.Cc1cccc(C)c1-n1cnnc1-c1[c-]ccc2nc(C)n(C)c12.Cc1nc2cc[c-]c(-c3nncn3-c3c(-c4ccccc4)cccc3-c3ccccc3)c2n1C.Cc1nc2cc[c-]c(-c3nncn3-c3c(C(C)C)cccc3C(C)C)c2n1C.[Ir].[Ir].[Ir].[Ir].[Ir]. The average molecular weight is 2810 g/mol. The molecule has 0 saturated carbocycles. The van der Waals surface area contributed by atoms with Crippen molar-refractivity contribution < 1.29 is 101 Å². The number of aromatic nitrogens is 25. The molecule has 23 aromatic rings. The molecule has 0 spiro atoms. The molecule has 0 atom stereocenters. The molecule has 13 aromatic carbocycles. The zero-order chi connectivity index (χ0) is 98.5. The number of hydrogen-bond donors (Lipinski definition) is 0. The zero-order valence-electron chi connectivity index (χ0n) is 84.8. The van der Waals surface area contributed by atoms with Gasteiger partial charge in [0.05, 0.1) is 63.9 Å². The van der Waals surface area contributed by atoms with Gasteiger partial charge in [0.1, 0.15) is 31.6 Å². The Balaban J connectivity index is 0.000000144. The van der Waals surface area contributed by atoms with Crippen LogP contribution in [-0.4, -0.2) is 122 Å². The number of hydrogen-bond acceptors (Lipinski definition) is 15. The fraction of sp³-hybridized carbons (Fsp3) is 0.198. The van der Waals surface area contributed by atoms with E-state index in [9.17, 15) is 0 Å². The number of para-hydroxylation sites is 3. The standard InChI is InChI=1S/C29H22N5.C25H22N5.C23H26N5.C20H20N5.C19H18N5.5Ir/c1-20-31-26-18-10-17-25(28(26)33(20)2)29-32-30-19-34(29)27-23(21-11-5-3-6-12-21)15-9-16-24(27)22-13-7-4-8-14-22;1-16-13-20(19-9-6-5-7-10-19)14-17(2)23(16)30-15-26-28-25(30)21-11-8-12-22-24(21)29(4)18(3)27-22;1-14(2)17-9-7-10-18(15(3)4)21(17)28-13-24-26-23(28)19-11-8-12-20-22(19)27(6)16(5)25-20;1-12-9-13(2)18(14(3)10-12)25-11-21-23-20(25)16-7-6-8-17-19(16)24(5)15(4)22-17;1-12-7-5-8-13(2)17(12)24-11-20-22-19(24)15-9-6-10-16-18(15)23(4)14(3)21-16;;;;;/h3-16,18-19H,1-2H3;5-10,12-15H,1-4H3;7-10,12-15H,1-6H3;6,8-11H,1-5H3;5-8,10-11H,1-4H3;;;;;/q5*-1;;;;;. The van der Waals surface area contributed by atoms with Crippen LogP contribution in [0.15, 0.2) is 262 Å². The summed E-state index contributed by atoms with van der Waals surface area (Å²) in [7, 11) is 10.1. The van der Waals surface area contributed by atoms with Crippen LogP contribution in [0.4, 0.5) is 0 Å². The Morgan fingerprint density at radius 1 is 0.233 bits per heavy atom. The molecule has 0 aliphatic heterocycles. The molecule has 25 nitrogen and oxygen atoms in total. The zero-order valence-corrected chi connectivity index (χ0v) is 96.8. The summed E-state index contributed by atoms with van der Waals surface area (Å²) in [6.07, 6.45) is 8.93. The van der Waals surface area contributed by atoms with Crippen molar-refractivity contribution in [2.24, 2.45) is 35.2 Å². The van der Waals surface area contributed by atoms with Gasteiger partial charge in [-0.2, -0.15) is 25.5 Å². The molecule has 0 fully saturated rings. The topological polar surface area (TPSA) is 243 Å². The Morgan fingerprint density at radius 3 is 0.753 bits per heavy atom. The molecule has 0 saturated heterocycles. The Bertz CT molecular complexity index is 8470. The maximum Gasteiger partial charge on any atom is 0.115 e. The van der Waals surface area contributed by atoms with E-state index < -0.39 is 0 Å². The first-order valence-electron chi connectivity index (χ1n) is 47.1. The van der Waals surface area contributed by atoms with Crippen molar-refractivity contribution in [3.63, 3.8) is 0 Å². The molecule has 0 aliphatic rings. The van der Waals surface area contributed by atoms with Gasteiger partial charge in [-0.3, -0.25) is 24.9 Å². The first-order chi connectivity index (χ1) is 68.2. The minimum absolute atomic E-state index is 0. The second kappa shape index (κ2) is 45.8. The van der Waals surface area contributed by atoms with Gasteiger partial charge in [-0.25, -0.2) is 0 Å². The van der Waals surface area contributed by atoms with E-state index in [2.05, 4.69) is 370 Å². The number of rotatable bonds is 15. The van der Waals surface area contributed by atoms with E-state index >= 15 is 0 Å². The van der Waals surface area contributed by atoms with Crippen LogP contribution in [0.3, 0.4) is 0 Å². The predicted molar refractivity (Wildman–Crippen MR) is 561 cm³/mol. The first kappa shape index (κ1) is 108. The molecule has 0 amide bonds. The second-order valence-corrected chi connectivity index (χ2v) is 36.5. The minimum Gasteiger partial charge on any atom is -0.371 e. The van der Waals surface area contributed by atoms with E-state index in [-0.39, 0.29) is 101 Å². The average Bonchev–Trinajstić information content (AvgIpc) is 1.62. The van der Waals surface area contributed by atoms with Gasteiger partial charge >= 0.3 is 0 Å². The largest absolute Gasteiger partial charge is 0.371 e. The van der Waals surface area contributed by atoms with Crippen molar-refractivity contribution in [3.05, 3.63) is 372 Å². The van der Waals surface area contributed by atoms with Gasteiger partial charge in [-0.05, 0) is 201 Å². The van der Waals surface area contributed by atoms with Crippen molar-refractivity contribution in [2.75, 3.05) is 0 Å². The molecule has 0 aliphatic carbocycles. The number of benzene rings is 13. The Hall–Kier alpha value is -13.8. The summed E-state index contributed by atoms with van der Waals surface area (Å²) in [6, 6.07) is 95.7. The molecule has 30 heteroatoms. The summed E-state index contributed by atoms with van der Waals surface area (Å²) in [5, 5.41) is 43.6. The number of nitrogens with zero attached hydrogens (tertiary/aromatic N) is 25. The third kappa shape index (κ3) is 20.7. The van der Waals surface area contributed by atoms with Crippen LogP contribution in [0.5, 0.6) is 0 Å². The predicted octanol–water partition coefficient (Wildman–Crippen LogP) is 24.0. The van der Waals surface area contributed by atoms with E-state index in [1.165, 1.54) is 66.9 Å². The van der Waals surface area contributed by atoms with Crippen LogP contribution in [0, 0.1) is 113 Å². The normalized spacial score (nSPS) is 11.0. The summed E-state index contributed by atoms with van der Waals surface area (Å²) in [5.74, 6) is 9.42. The molecule has 23 rings (SSSR count). The van der Waals surface area contributed by atoms with Crippen LogP contribution >= 0.6 is 0 Å². The quantitative estimate of drug-likeness (QED) is 0.0867. The summed E-state index contributed by atoms with van der Waals surface area (Å²) in [5.41, 5.74) is 37.7. The maximum absolute atomic E-state index is 4.70. The summed E-state index contributed by atoms with van der Waals surface area (Å²) in [6.45, 7) is 33.8. The number of imidazole rings is 5. The van der Waals surface area contributed by atoms with Crippen LogP contribution in [0.25, 0.3) is 174 Å². The Morgan fingerprint density at radius 2 is 0.473 bits per heavy atom. The van der Waals surface area contributed by atoms with Gasteiger partial charge in [0.25, 0.3) is 0 Å². The van der Waals surface area contributed by atoms with Crippen LogP contribution in [-0.2, 0) is 136 Å². The van der Waals surface area contributed by atoms with Crippen molar-refractivity contribution in [1.82, 2.24) is 122 Å². The molecule has 0 bridgehead atoms. The van der Waals surface area contributed by atoms with Gasteiger partial charge in [0.2, 0.25) is 0 Å². The van der Waals surface area contributed by atoms with Gasteiger partial charge in [0, 0.05) is 197 Å². The molecule has 0 unspecified atom stereocenters. The van der Waals surface area contributed by atoms with Crippen molar-refractivity contribution in [3.8, 4) is 119 Å². The molecule has 10 heterocycles. The van der Waals surface area contributed by atoms with E-state index in [0.29, 0.717) is 11.8 Å². The van der Waals surface area contributed by atoms with Gasteiger partial charge < -0.3 is 45.7 Å². The minimum atomic E-state index is 0. The van der Waals surface area contributed by atoms with Crippen LogP contribution in [0.2, 0.25) is 0 Å². The third-order valence-corrected chi connectivity index (χ3v) is 26.5. The molecule has 146 heavy (non-hydrogen) atoms. The molecule has 5 radical (unpaired) electrons. The third-order valence-electron chi connectivity index (χ3n) is 26.5. The van der Waals surface area contributed by atoms with Gasteiger partial charge in [-0.15, -0.1) is 116 Å². The maximum atomic E-state index is 4.70. The van der Waals surface area contributed by atoms with E-state index in [4.69, 9.17) is 4.98 Å². The molecule has 0 N–H and O–H groups in total. The van der Waals surface area contributed by atoms with E-state index in [1.807, 2.05) is 160 Å². The van der Waals surface area contributed by atoms with Crippen molar-refractivity contribution in [2.45, 2.75) is 123 Å². The van der Waals surface area contributed by atoms with E-state index in [1.54, 1.807) is 25.3 Å². The number of fused-ring (bicyclic) bond motifs is 5. The summed E-state index contributed by atoms with van der Waals surface area (Å²) < 4.78 is 20.8. The van der Waals surface area contributed by atoms with Gasteiger partial charge in [0.15, 0.2) is 0 Å². The molecule has 747 valence electrons. The molecular formula is C116H108Ir5N25-5. The fourth-order valence-corrected chi connectivity index (χ4v) is 19.5. The van der Waals surface area contributed by atoms with Gasteiger partial charge in [-0.1, -0.05) is 219 Å². The fourth-order valence-electron chi connectivity index (χ4n) is 19.5. The second-order valence-electron chi connectivity index (χ2n) is 36.5. The monoisotopic (exact) mass is 2820 g/mol. The van der Waals surface area contributed by atoms with Crippen LogP contribution in [0.1, 0.15) is 119 Å².